The Hall–Kier alpha value is -8.78. The molecule has 0 atom stereocenters. The normalized spacial score (nSPS) is 11.7. The first-order valence-corrected chi connectivity index (χ1v) is 21.6. The fourth-order valence-corrected chi connectivity index (χ4v) is 10.1. The molecule has 4 heteroatoms. The summed E-state index contributed by atoms with van der Waals surface area (Å²) in [5.41, 5.74) is 12.9. The number of benzene rings is 11. The van der Waals surface area contributed by atoms with Crippen molar-refractivity contribution in [2.75, 3.05) is 0 Å². The molecule has 0 amide bonds. The summed E-state index contributed by atoms with van der Waals surface area (Å²) in [5.74, 6) is 1.86. The van der Waals surface area contributed by atoms with Gasteiger partial charge < -0.3 is 0 Å². The van der Waals surface area contributed by atoms with Crippen molar-refractivity contribution in [1.29, 1.82) is 5.26 Å². The number of fused-ring (bicyclic) bond motifs is 7. The largest absolute Gasteiger partial charge is 0.208 e. The Kier molecular flexibility index (Phi) is 7.94. The molecule has 0 unspecified atom stereocenters. The van der Waals surface area contributed by atoms with Crippen LogP contribution in [-0.2, 0) is 0 Å². The predicted octanol–water partition coefficient (Wildman–Crippen LogP) is 15.5. The quantitative estimate of drug-likeness (QED) is 0.162. The summed E-state index contributed by atoms with van der Waals surface area (Å²) in [5, 5.41) is 21.1. The zero-order chi connectivity index (χ0) is 42.3. The van der Waals surface area contributed by atoms with Crippen LogP contribution in [-0.4, -0.2) is 15.0 Å². The molecule has 0 N–H and O–H groups in total. The standard InChI is InChI=1S/C60H34N4/c61-35-36-21-23-39(24-22-36)44-29-30-51-45-15-5-6-16-46(45)52-31-32-53(55(44)56(51)52)54-47-17-7-9-19-49(47)57(50-20-10-8-18-48(50)54)60-63-58(42-27-25-37-11-1-3-13-40(37)33-42)62-59(64-60)43-28-26-38-12-2-4-14-41(38)34-43/h1-34H. The van der Waals surface area contributed by atoms with E-state index < -0.39 is 0 Å². The highest BCUT2D eigenvalue weighted by molar-refractivity contribution is 6.28. The summed E-state index contributed by atoms with van der Waals surface area (Å²) in [6.07, 6.45) is 0. The molecule has 1 aliphatic rings. The maximum Gasteiger partial charge on any atom is 0.165 e. The molecule has 0 bridgehead atoms. The first-order valence-electron chi connectivity index (χ1n) is 21.6. The number of aromatic nitrogens is 3. The van der Waals surface area contributed by atoms with Gasteiger partial charge in [0.2, 0.25) is 0 Å². The summed E-state index contributed by atoms with van der Waals surface area (Å²) < 4.78 is 0. The van der Waals surface area contributed by atoms with E-state index >= 15 is 0 Å². The molecule has 0 radical (unpaired) electrons. The molecule has 0 saturated heterocycles. The second-order valence-corrected chi connectivity index (χ2v) is 16.6. The van der Waals surface area contributed by atoms with Crippen molar-refractivity contribution in [3.05, 3.63) is 212 Å². The summed E-state index contributed by atoms with van der Waals surface area (Å²) in [4.78, 5) is 16.0. The molecule has 1 aliphatic carbocycles. The molecule has 11 aromatic carbocycles. The molecule has 294 valence electrons. The Balaban J connectivity index is 1.11. The maximum absolute atomic E-state index is 9.71. The SMILES string of the molecule is N#Cc1ccc(-c2ccc3c4c(ccc(-c5c6ccccc6c(-c6nc(-c7ccc8ccccc8c7)nc(-c7ccc8ccccc8c7)n6)c6ccccc56)c24)-c2ccccc2-3)cc1. The zero-order valence-electron chi connectivity index (χ0n) is 34.4. The highest BCUT2D eigenvalue weighted by atomic mass is 15.0. The predicted molar refractivity (Wildman–Crippen MR) is 264 cm³/mol. The zero-order valence-corrected chi connectivity index (χ0v) is 34.4. The third-order valence-electron chi connectivity index (χ3n) is 13.1. The Morgan fingerprint density at radius 3 is 1.23 bits per heavy atom. The van der Waals surface area contributed by atoms with Crippen molar-refractivity contribution in [3.63, 3.8) is 0 Å². The van der Waals surface area contributed by atoms with E-state index in [1.807, 2.05) is 12.1 Å². The van der Waals surface area contributed by atoms with Crippen molar-refractivity contribution in [1.82, 2.24) is 15.0 Å². The average Bonchev–Trinajstić information content (AvgIpc) is 3.69. The third-order valence-corrected chi connectivity index (χ3v) is 13.1. The van der Waals surface area contributed by atoms with E-state index in [4.69, 9.17) is 15.0 Å². The van der Waals surface area contributed by atoms with E-state index in [1.165, 1.54) is 33.0 Å². The molecule has 1 heterocycles. The van der Waals surface area contributed by atoms with Crippen LogP contribution >= 0.6 is 0 Å². The van der Waals surface area contributed by atoms with Gasteiger partial charge in [0.05, 0.1) is 11.6 Å². The van der Waals surface area contributed by atoms with E-state index in [0.717, 1.165) is 82.0 Å². The molecule has 0 fully saturated rings. The van der Waals surface area contributed by atoms with Crippen LogP contribution in [0.15, 0.2) is 206 Å². The van der Waals surface area contributed by atoms with E-state index in [2.05, 4.69) is 200 Å². The summed E-state index contributed by atoms with van der Waals surface area (Å²) >= 11 is 0. The van der Waals surface area contributed by atoms with Gasteiger partial charge in [0.25, 0.3) is 0 Å². The number of nitrogens with zero attached hydrogens (tertiary/aromatic N) is 4. The van der Waals surface area contributed by atoms with Crippen LogP contribution in [0.1, 0.15) is 5.56 Å². The van der Waals surface area contributed by atoms with Gasteiger partial charge in [-0.1, -0.05) is 182 Å². The minimum atomic E-state index is 0.620. The molecule has 4 nitrogen and oxygen atoms in total. The maximum atomic E-state index is 9.71. The lowest BCUT2D eigenvalue weighted by Crippen LogP contribution is -2.02. The van der Waals surface area contributed by atoms with E-state index in [1.54, 1.807) is 0 Å². The minimum Gasteiger partial charge on any atom is -0.208 e. The average molecular weight is 811 g/mol. The van der Waals surface area contributed by atoms with Gasteiger partial charge in [0.15, 0.2) is 17.5 Å². The summed E-state index contributed by atoms with van der Waals surface area (Å²) in [6.45, 7) is 0. The Bertz CT molecular complexity index is 3790. The van der Waals surface area contributed by atoms with Crippen LogP contribution in [0.4, 0.5) is 0 Å². The first kappa shape index (κ1) is 35.9. The second kappa shape index (κ2) is 14.1. The molecular formula is C60H34N4. The van der Waals surface area contributed by atoms with Crippen LogP contribution in [0, 0.1) is 11.3 Å². The topological polar surface area (TPSA) is 62.5 Å². The van der Waals surface area contributed by atoms with E-state index in [0.29, 0.717) is 23.0 Å². The van der Waals surface area contributed by atoms with Gasteiger partial charge in [-0.05, 0) is 123 Å². The van der Waals surface area contributed by atoms with Crippen molar-refractivity contribution >= 4 is 53.9 Å². The molecule has 0 saturated carbocycles. The van der Waals surface area contributed by atoms with E-state index in [-0.39, 0.29) is 0 Å². The van der Waals surface area contributed by atoms with Crippen LogP contribution in [0.5, 0.6) is 0 Å². The van der Waals surface area contributed by atoms with Gasteiger partial charge in [-0.15, -0.1) is 0 Å². The van der Waals surface area contributed by atoms with Gasteiger partial charge in [0.1, 0.15) is 0 Å². The number of nitriles is 1. The van der Waals surface area contributed by atoms with Crippen LogP contribution in [0.3, 0.4) is 0 Å². The number of hydrogen-bond donors (Lipinski definition) is 0. The van der Waals surface area contributed by atoms with Crippen molar-refractivity contribution < 1.29 is 0 Å². The molecule has 0 aliphatic heterocycles. The molecule has 0 spiro atoms. The lowest BCUT2D eigenvalue weighted by Gasteiger charge is -2.20. The van der Waals surface area contributed by atoms with E-state index in [9.17, 15) is 5.26 Å². The van der Waals surface area contributed by atoms with Gasteiger partial charge >= 0.3 is 0 Å². The fraction of sp³-hybridized carbons (Fsp3) is 0. The van der Waals surface area contributed by atoms with Gasteiger partial charge in [-0.2, -0.15) is 5.26 Å². The Morgan fingerprint density at radius 2 is 0.703 bits per heavy atom. The molecule has 1 aromatic heterocycles. The lowest BCUT2D eigenvalue weighted by atomic mass is 9.83. The molecule has 64 heavy (non-hydrogen) atoms. The highest BCUT2D eigenvalue weighted by Crippen LogP contribution is 2.54. The van der Waals surface area contributed by atoms with Crippen LogP contribution in [0.2, 0.25) is 0 Å². The first-order chi connectivity index (χ1) is 31.7. The van der Waals surface area contributed by atoms with Crippen LogP contribution < -0.4 is 0 Å². The van der Waals surface area contributed by atoms with Crippen molar-refractivity contribution in [2.45, 2.75) is 0 Å². The summed E-state index contributed by atoms with van der Waals surface area (Å²) in [7, 11) is 0. The Morgan fingerprint density at radius 1 is 0.297 bits per heavy atom. The second-order valence-electron chi connectivity index (χ2n) is 16.6. The van der Waals surface area contributed by atoms with Crippen LogP contribution in [0.25, 0.3) is 133 Å². The van der Waals surface area contributed by atoms with Crippen molar-refractivity contribution in [3.8, 4) is 84.7 Å². The summed E-state index contributed by atoms with van der Waals surface area (Å²) in [6, 6.07) is 75.3. The molecular weight excluding hydrogens is 777 g/mol. The van der Waals surface area contributed by atoms with Crippen molar-refractivity contribution in [2.24, 2.45) is 0 Å². The molecule has 12 aromatic rings. The fourth-order valence-electron chi connectivity index (χ4n) is 10.1. The third kappa shape index (κ3) is 5.51. The van der Waals surface area contributed by atoms with Gasteiger partial charge in [0, 0.05) is 16.7 Å². The smallest absolute Gasteiger partial charge is 0.165 e. The highest BCUT2D eigenvalue weighted by Gasteiger charge is 2.27. The number of rotatable bonds is 5. The monoisotopic (exact) mass is 810 g/mol. The minimum absolute atomic E-state index is 0.620. The number of hydrogen-bond acceptors (Lipinski definition) is 4. The molecule has 13 rings (SSSR count). The van der Waals surface area contributed by atoms with Gasteiger partial charge in [-0.25, -0.2) is 15.0 Å². The van der Waals surface area contributed by atoms with Gasteiger partial charge in [-0.3, -0.25) is 0 Å². The Labute approximate surface area is 369 Å². The lowest BCUT2D eigenvalue weighted by molar-refractivity contribution is 1.08.